The second kappa shape index (κ2) is 14.5. The largest absolute Gasteiger partial charge is 0.379 e. The Hall–Kier alpha value is 0.177. The number of unbranched alkanes of at least 4 members (excludes halogenated alkanes) is 12. The van der Waals surface area contributed by atoms with Crippen molar-refractivity contribution in [1.82, 2.24) is 0 Å². The van der Waals surface area contributed by atoms with Crippen molar-refractivity contribution >= 4 is 9.52 Å². The van der Waals surface area contributed by atoms with E-state index in [9.17, 15) is 0 Å². The lowest BCUT2D eigenvalue weighted by molar-refractivity contribution is -0.0264. The molecule has 0 saturated carbocycles. The molecule has 0 amide bonds. The minimum atomic E-state index is -0.0226. The summed E-state index contributed by atoms with van der Waals surface area (Å²) >= 11 is 0. The van der Waals surface area contributed by atoms with E-state index in [1.165, 1.54) is 109 Å². The zero-order valence-electron chi connectivity index (χ0n) is 16.3. The quantitative estimate of drug-likeness (QED) is 0.241. The van der Waals surface area contributed by atoms with Crippen LogP contribution in [0.2, 0.25) is 6.55 Å². The molecular weight excluding hydrogens is 296 g/mol. The van der Waals surface area contributed by atoms with Crippen LogP contribution < -0.4 is 0 Å². The summed E-state index contributed by atoms with van der Waals surface area (Å²) in [5, 5.41) is 0.399. The fourth-order valence-electron chi connectivity index (χ4n) is 4.03. The van der Waals surface area contributed by atoms with Crippen molar-refractivity contribution in [3.63, 3.8) is 0 Å². The second-order valence-corrected chi connectivity index (χ2v) is 9.83. The highest BCUT2D eigenvalue weighted by Crippen LogP contribution is 2.29. The van der Waals surface area contributed by atoms with Crippen molar-refractivity contribution in [3.8, 4) is 0 Å². The van der Waals surface area contributed by atoms with Crippen LogP contribution in [0.25, 0.3) is 0 Å². The Balaban J connectivity index is 1.82. The van der Waals surface area contributed by atoms with E-state index in [2.05, 4.69) is 13.5 Å². The van der Waals surface area contributed by atoms with Gasteiger partial charge in [0.1, 0.15) is 0 Å². The van der Waals surface area contributed by atoms with Crippen LogP contribution in [0.4, 0.5) is 0 Å². The van der Waals surface area contributed by atoms with Crippen LogP contribution in [-0.4, -0.2) is 21.4 Å². The normalized spacial score (nSPS) is 22.2. The Morgan fingerprint density at radius 2 is 1.26 bits per heavy atom. The van der Waals surface area contributed by atoms with Crippen LogP contribution in [0.3, 0.4) is 0 Å². The molecule has 0 N–H and O–H groups in total. The molecule has 138 valence electrons. The zero-order valence-corrected chi connectivity index (χ0v) is 17.8. The molecule has 1 heterocycles. The highest BCUT2D eigenvalue weighted by atomic mass is 28.2. The van der Waals surface area contributed by atoms with Gasteiger partial charge in [0.05, 0.1) is 14.7 Å². The molecule has 1 atom stereocenters. The van der Waals surface area contributed by atoms with Crippen LogP contribution in [0, 0.1) is 0 Å². The standard InChI is InChI=1S/C21H44OSi/c1-3-4-5-6-7-8-9-10-11-12-13-14-15-18-21(23-2)19-16-17-20-22-21/h3-20,23H2,1-2H3. The summed E-state index contributed by atoms with van der Waals surface area (Å²) in [6.45, 7) is 5.79. The Morgan fingerprint density at radius 1 is 0.739 bits per heavy atom. The van der Waals surface area contributed by atoms with Crippen LogP contribution in [0.1, 0.15) is 116 Å². The van der Waals surface area contributed by atoms with Crippen molar-refractivity contribution in [2.75, 3.05) is 6.61 Å². The van der Waals surface area contributed by atoms with E-state index in [0.717, 1.165) is 6.61 Å². The van der Waals surface area contributed by atoms with Crippen molar-refractivity contribution in [1.29, 1.82) is 0 Å². The molecule has 0 radical (unpaired) electrons. The van der Waals surface area contributed by atoms with E-state index in [1.807, 2.05) is 0 Å². The second-order valence-electron chi connectivity index (χ2n) is 7.83. The first-order valence-corrected chi connectivity index (χ1v) is 13.1. The lowest BCUT2D eigenvalue weighted by Gasteiger charge is -2.36. The summed E-state index contributed by atoms with van der Waals surface area (Å²) in [6.07, 6.45) is 24.3. The molecule has 2 heteroatoms. The van der Waals surface area contributed by atoms with E-state index < -0.39 is 0 Å². The molecule has 1 nitrogen and oxygen atoms in total. The summed E-state index contributed by atoms with van der Waals surface area (Å²) < 4.78 is 6.18. The van der Waals surface area contributed by atoms with Gasteiger partial charge in [0, 0.05) is 6.61 Å². The molecule has 1 unspecified atom stereocenters. The van der Waals surface area contributed by atoms with Crippen LogP contribution >= 0.6 is 0 Å². The zero-order chi connectivity index (χ0) is 16.6. The Bertz CT molecular complexity index is 248. The molecule has 1 saturated heterocycles. The highest BCUT2D eigenvalue weighted by molar-refractivity contribution is 6.37. The molecule has 0 spiro atoms. The minimum absolute atomic E-state index is 0.0226. The molecule has 0 aromatic rings. The first-order valence-electron chi connectivity index (χ1n) is 11.0. The van der Waals surface area contributed by atoms with Crippen molar-refractivity contribution in [2.45, 2.75) is 128 Å². The van der Waals surface area contributed by atoms with Crippen LogP contribution in [0.5, 0.6) is 0 Å². The van der Waals surface area contributed by atoms with Gasteiger partial charge in [-0.2, -0.15) is 0 Å². The summed E-state index contributed by atoms with van der Waals surface area (Å²) in [5.74, 6) is 0. The fourth-order valence-corrected chi connectivity index (χ4v) is 5.58. The number of rotatable bonds is 15. The molecule has 23 heavy (non-hydrogen) atoms. The maximum Gasteiger partial charge on any atom is 0.0564 e. The lowest BCUT2D eigenvalue weighted by Crippen LogP contribution is -2.41. The van der Waals surface area contributed by atoms with E-state index in [1.54, 1.807) is 0 Å². The lowest BCUT2D eigenvalue weighted by atomic mass is 10.0. The number of hydrogen-bond acceptors (Lipinski definition) is 1. The average Bonchev–Trinajstić information content (AvgIpc) is 2.60. The SMILES string of the molecule is CCCCCCCCCCCCCCCC1([SiH2]C)CCCCO1. The highest BCUT2D eigenvalue weighted by Gasteiger charge is 2.30. The predicted octanol–water partition coefficient (Wildman–Crippen LogP) is 6.58. The predicted molar refractivity (Wildman–Crippen MR) is 107 cm³/mol. The summed E-state index contributed by atoms with van der Waals surface area (Å²) in [5.41, 5.74) is 0. The summed E-state index contributed by atoms with van der Waals surface area (Å²) in [7, 11) is -0.0226. The molecule has 1 aliphatic heterocycles. The third-order valence-electron chi connectivity index (χ3n) is 5.82. The van der Waals surface area contributed by atoms with E-state index >= 15 is 0 Å². The van der Waals surface area contributed by atoms with Gasteiger partial charge < -0.3 is 4.74 Å². The smallest absolute Gasteiger partial charge is 0.0564 e. The fraction of sp³-hybridized carbons (Fsp3) is 1.00. The molecule has 0 aliphatic carbocycles. The van der Waals surface area contributed by atoms with Crippen LogP contribution in [-0.2, 0) is 4.74 Å². The van der Waals surface area contributed by atoms with E-state index in [0.29, 0.717) is 5.22 Å². The minimum Gasteiger partial charge on any atom is -0.379 e. The third-order valence-corrected chi connectivity index (χ3v) is 8.02. The van der Waals surface area contributed by atoms with Crippen molar-refractivity contribution in [2.24, 2.45) is 0 Å². The summed E-state index contributed by atoms with van der Waals surface area (Å²) in [6, 6.07) is 0. The number of ether oxygens (including phenoxy) is 1. The van der Waals surface area contributed by atoms with Crippen LogP contribution in [0.15, 0.2) is 0 Å². The monoisotopic (exact) mass is 340 g/mol. The van der Waals surface area contributed by atoms with Gasteiger partial charge in [0.2, 0.25) is 0 Å². The Morgan fingerprint density at radius 3 is 1.70 bits per heavy atom. The van der Waals surface area contributed by atoms with Gasteiger partial charge in [-0.15, -0.1) is 0 Å². The maximum atomic E-state index is 6.18. The third kappa shape index (κ3) is 10.6. The summed E-state index contributed by atoms with van der Waals surface area (Å²) in [4.78, 5) is 0. The van der Waals surface area contributed by atoms with Gasteiger partial charge in [-0.25, -0.2) is 0 Å². The van der Waals surface area contributed by atoms with Crippen molar-refractivity contribution in [3.05, 3.63) is 0 Å². The molecule has 1 rings (SSSR count). The molecule has 0 bridgehead atoms. The Labute approximate surface area is 149 Å². The van der Waals surface area contributed by atoms with E-state index in [4.69, 9.17) is 4.74 Å². The van der Waals surface area contributed by atoms with Crippen molar-refractivity contribution < 1.29 is 4.74 Å². The van der Waals surface area contributed by atoms with Gasteiger partial charge in [-0.05, 0) is 25.7 Å². The first kappa shape index (κ1) is 21.2. The molecule has 1 aliphatic rings. The van der Waals surface area contributed by atoms with Gasteiger partial charge in [0.15, 0.2) is 0 Å². The van der Waals surface area contributed by atoms with Gasteiger partial charge in [-0.3, -0.25) is 0 Å². The van der Waals surface area contributed by atoms with Gasteiger partial charge in [-0.1, -0.05) is 96.9 Å². The molecular formula is C21H44OSi. The van der Waals surface area contributed by atoms with E-state index in [-0.39, 0.29) is 9.52 Å². The maximum absolute atomic E-state index is 6.18. The van der Waals surface area contributed by atoms with Gasteiger partial charge >= 0.3 is 0 Å². The molecule has 1 fully saturated rings. The van der Waals surface area contributed by atoms with Gasteiger partial charge in [0.25, 0.3) is 0 Å². The topological polar surface area (TPSA) is 9.23 Å². The number of hydrogen-bond donors (Lipinski definition) is 0. The first-order chi connectivity index (χ1) is 11.3. The molecule has 0 aromatic carbocycles. The molecule has 0 aromatic heterocycles. The Kier molecular flexibility index (Phi) is 13.4. The average molecular weight is 341 g/mol.